The van der Waals surface area contributed by atoms with Crippen LogP contribution in [0.1, 0.15) is 23.7 Å². The molecular formula is C20H22FNO4S. The minimum atomic E-state index is -0.923. The number of hydrogen-bond donors (Lipinski definition) is 1. The van der Waals surface area contributed by atoms with Gasteiger partial charge in [0.1, 0.15) is 16.8 Å². The van der Waals surface area contributed by atoms with E-state index in [1.165, 1.54) is 12.1 Å². The molecule has 5 nitrogen and oxygen atoms in total. The normalized spacial score (nSPS) is 11.7. The van der Waals surface area contributed by atoms with Gasteiger partial charge in [0.15, 0.2) is 0 Å². The number of halogens is 1. The number of benzene rings is 2. The van der Waals surface area contributed by atoms with E-state index in [1.54, 1.807) is 55.3 Å². The first kappa shape index (κ1) is 20.8. The summed E-state index contributed by atoms with van der Waals surface area (Å²) in [5.74, 6) is -0.831. The van der Waals surface area contributed by atoms with Gasteiger partial charge in [-0.25, -0.2) is 4.39 Å². The van der Waals surface area contributed by atoms with Gasteiger partial charge in [-0.3, -0.25) is 9.59 Å². The molecule has 0 heterocycles. The summed E-state index contributed by atoms with van der Waals surface area (Å²) in [7, 11) is 1.70. The van der Waals surface area contributed by atoms with Crippen molar-refractivity contribution in [3.8, 4) is 5.75 Å². The summed E-state index contributed by atoms with van der Waals surface area (Å²) in [5.41, 5.74) is 0.484. The molecule has 0 radical (unpaired) electrons. The van der Waals surface area contributed by atoms with Crippen LogP contribution in [0, 0.1) is 5.82 Å². The Kier molecular flexibility index (Phi) is 7.67. The van der Waals surface area contributed by atoms with E-state index in [-0.39, 0.29) is 11.7 Å². The molecule has 1 unspecified atom stereocenters. The summed E-state index contributed by atoms with van der Waals surface area (Å²) in [4.78, 5) is 26.0. The van der Waals surface area contributed by atoms with E-state index < -0.39 is 11.2 Å². The number of ether oxygens (including phenoxy) is 1. The van der Waals surface area contributed by atoms with Crippen LogP contribution in [-0.2, 0) is 4.79 Å². The first-order valence-electron chi connectivity index (χ1n) is 8.51. The molecule has 0 saturated carbocycles. The van der Waals surface area contributed by atoms with Gasteiger partial charge < -0.3 is 14.7 Å². The molecule has 7 heteroatoms. The Morgan fingerprint density at radius 2 is 1.85 bits per heavy atom. The number of thioether (sulfide) groups is 1. The first-order valence-corrected chi connectivity index (χ1v) is 9.38. The quantitative estimate of drug-likeness (QED) is 0.518. The molecule has 27 heavy (non-hydrogen) atoms. The van der Waals surface area contributed by atoms with Gasteiger partial charge in [0.05, 0.1) is 12.2 Å². The molecule has 1 atom stereocenters. The van der Waals surface area contributed by atoms with Crippen molar-refractivity contribution in [2.45, 2.75) is 23.5 Å². The highest BCUT2D eigenvalue weighted by atomic mass is 32.2. The lowest BCUT2D eigenvalue weighted by molar-refractivity contribution is -0.136. The topological polar surface area (TPSA) is 66.8 Å². The van der Waals surface area contributed by atoms with Crippen LogP contribution in [0.25, 0.3) is 0 Å². The van der Waals surface area contributed by atoms with Crippen molar-refractivity contribution < 1.29 is 23.8 Å². The van der Waals surface area contributed by atoms with Crippen molar-refractivity contribution in [2.24, 2.45) is 0 Å². The highest BCUT2D eigenvalue weighted by Gasteiger charge is 2.19. The van der Waals surface area contributed by atoms with Crippen LogP contribution in [0.5, 0.6) is 5.75 Å². The molecule has 0 bridgehead atoms. The van der Waals surface area contributed by atoms with E-state index >= 15 is 0 Å². The van der Waals surface area contributed by atoms with E-state index in [4.69, 9.17) is 9.84 Å². The zero-order valence-corrected chi connectivity index (χ0v) is 16.0. The number of rotatable bonds is 9. The molecule has 144 valence electrons. The fourth-order valence-electron chi connectivity index (χ4n) is 2.32. The fraction of sp³-hybridized carbons (Fsp3) is 0.300. The van der Waals surface area contributed by atoms with Crippen LogP contribution in [0.3, 0.4) is 0 Å². The third kappa shape index (κ3) is 6.29. The van der Waals surface area contributed by atoms with Gasteiger partial charge in [0.2, 0.25) is 0 Å². The molecule has 1 N–H and O–H groups in total. The van der Waals surface area contributed by atoms with E-state index in [0.29, 0.717) is 35.8 Å². The minimum absolute atomic E-state index is 0.169. The third-order valence-electron chi connectivity index (χ3n) is 3.84. The van der Waals surface area contributed by atoms with Crippen molar-refractivity contribution in [1.82, 2.24) is 4.90 Å². The second-order valence-corrected chi connectivity index (χ2v) is 7.36. The monoisotopic (exact) mass is 391 g/mol. The number of amides is 1. The molecule has 0 aromatic heterocycles. The van der Waals surface area contributed by atoms with Crippen molar-refractivity contribution in [3.05, 3.63) is 59.9 Å². The van der Waals surface area contributed by atoms with Gasteiger partial charge in [-0.2, -0.15) is 0 Å². The molecule has 0 fully saturated rings. The summed E-state index contributed by atoms with van der Waals surface area (Å²) in [6, 6.07) is 12.8. The van der Waals surface area contributed by atoms with E-state index in [2.05, 4.69) is 0 Å². The fourth-order valence-corrected chi connectivity index (χ4v) is 3.24. The van der Waals surface area contributed by atoms with Crippen LogP contribution >= 0.6 is 11.8 Å². The third-order valence-corrected chi connectivity index (χ3v) is 5.00. The van der Waals surface area contributed by atoms with Gasteiger partial charge in [0, 0.05) is 18.5 Å². The summed E-state index contributed by atoms with van der Waals surface area (Å²) in [6.45, 7) is 2.47. The predicted molar refractivity (Wildman–Crippen MR) is 103 cm³/mol. The number of aliphatic carboxylic acids is 1. The number of carboxylic acid groups (broad SMARTS) is 1. The summed E-state index contributed by atoms with van der Waals surface area (Å²) in [5, 5.41) is 8.44. The maximum Gasteiger partial charge on any atom is 0.316 e. The SMILES string of the molecule is CC(Sc1ccccc1C(=O)N(C)CCCOc1ccc(F)cc1)C(=O)O. The van der Waals surface area contributed by atoms with E-state index in [1.807, 2.05) is 0 Å². The van der Waals surface area contributed by atoms with Gasteiger partial charge in [0.25, 0.3) is 5.91 Å². The van der Waals surface area contributed by atoms with Gasteiger partial charge in [-0.05, 0) is 49.7 Å². The minimum Gasteiger partial charge on any atom is -0.494 e. The molecule has 0 aliphatic heterocycles. The summed E-state index contributed by atoms with van der Waals surface area (Å²) in [6.07, 6.45) is 0.612. The second-order valence-electron chi connectivity index (χ2n) is 5.98. The zero-order valence-electron chi connectivity index (χ0n) is 15.2. The smallest absolute Gasteiger partial charge is 0.316 e. The lowest BCUT2D eigenvalue weighted by atomic mass is 10.2. The lowest BCUT2D eigenvalue weighted by Crippen LogP contribution is -2.29. The maximum absolute atomic E-state index is 12.9. The second kappa shape index (κ2) is 9.97. The van der Waals surface area contributed by atoms with Crippen molar-refractivity contribution in [1.29, 1.82) is 0 Å². The van der Waals surface area contributed by atoms with Gasteiger partial charge in [-0.1, -0.05) is 12.1 Å². The molecule has 2 aromatic carbocycles. The number of carboxylic acids is 1. The van der Waals surface area contributed by atoms with Gasteiger partial charge in [-0.15, -0.1) is 11.8 Å². The van der Waals surface area contributed by atoms with Gasteiger partial charge >= 0.3 is 5.97 Å². The van der Waals surface area contributed by atoms with E-state index in [9.17, 15) is 14.0 Å². The molecule has 0 aliphatic carbocycles. The van der Waals surface area contributed by atoms with Crippen molar-refractivity contribution in [2.75, 3.05) is 20.2 Å². The van der Waals surface area contributed by atoms with E-state index in [0.717, 1.165) is 11.8 Å². The Bertz CT molecular complexity index is 782. The van der Waals surface area contributed by atoms with Crippen molar-refractivity contribution in [3.63, 3.8) is 0 Å². The van der Waals surface area contributed by atoms with Crippen LogP contribution in [0.4, 0.5) is 4.39 Å². The Morgan fingerprint density at radius 3 is 2.52 bits per heavy atom. The molecule has 0 saturated heterocycles. The zero-order chi connectivity index (χ0) is 19.8. The molecule has 1 amide bonds. The average molecular weight is 391 g/mol. The van der Waals surface area contributed by atoms with Crippen LogP contribution in [-0.4, -0.2) is 47.3 Å². The Labute approximate surface area is 162 Å². The standard InChI is InChI=1S/C20H22FNO4S/c1-14(20(24)25)27-18-7-4-3-6-17(18)19(23)22(2)12-5-13-26-16-10-8-15(21)9-11-16/h3-4,6-11,14H,5,12-13H2,1-2H3,(H,24,25). The average Bonchev–Trinajstić information content (AvgIpc) is 2.66. The van der Waals surface area contributed by atoms with Crippen LogP contribution < -0.4 is 4.74 Å². The van der Waals surface area contributed by atoms with Crippen LogP contribution in [0.2, 0.25) is 0 Å². The molecule has 0 aliphatic rings. The molecular weight excluding hydrogens is 369 g/mol. The predicted octanol–water partition coefficient (Wildman–Crippen LogP) is 3.93. The summed E-state index contributed by atoms with van der Waals surface area (Å²) < 4.78 is 18.4. The summed E-state index contributed by atoms with van der Waals surface area (Å²) >= 11 is 1.15. The number of carbonyl (C=O) groups excluding carboxylic acids is 1. The Balaban J connectivity index is 1.89. The Morgan fingerprint density at radius 1 is 1.19 bits per heavy atom. The molecule has 2 aromatic rings. The van der Waals surface area contributed by atoms with Crippen molar-refractivity contribution >= 4 is 23.6 Å². The Hall–Kier alpha value is -2.54. The largest absolute Gasteiger partial charge is 0.494 e. The highest BCUT2D eigenvalue weighted by molar-refractivity contribution is 8.00. The molecule has 0 spiro atoms. The van der Waals surface area contributed by atoms with Crippen LogP contribution in [0.15, 0.2) is 53.4 Å². The number of carbonyl (C=O) groups is 2. The molecule has 2 rings (SSSR count). The first-order chi connectivity index (χ1) is 12.9. The highest BCUT2D eigenvalue weighted by Crippen LogP contribution is 2.27. The lowest BCUT2D eigenvalue weighted by Gasteiger charge is -2.19. The maximum atomic E-state index is 12.9. The number of nitrogens with zero attached hydrogens (tertiary/aromatic N) is 1. The number of hydrogen-bond acceptors (Lipinski definition) is 4.